The first-order valence-electron chi connectivity index (χ1n) is 12.2. The molecule has 0 aliphatic carbocycles. The summed E-state index contributed by atoms with van der Waals surface area (Å²) in [6, 6.07) is 31.5. The SMILES string of the molecule is CO[Si](C)(C)COc1ccc(C(=O)Oc2ccc(OCc3ccc(-c4ccc(C#N)cc4)cc3)cc2)cc1. The van der Waals surface area contributed by atoms with E-state index in [9.17, 15) is 4.79 Å². The molecule has 4 aromatic rings. The van der Waals surface area contributed by atoms with Crippen LogP contribution in [-0.4, -0.2) is 27.6 Å². The van der Waals surface area contributed by atoms with E-state index in [0.29, 0.717) is 41.2 Å². The van der Waals surface area contributed by atoms with Gasteiger partial charge in [-0.15, -0.1) is 0 Å². The van der Waals surface area contributed by atoms with Gasteiger partial charge >= 0.3 is 5.97 Å². The summed E-state index contributed by atoms with van der Waals surface area (Å²) in [5, 5.41) is 8.95. The minimum atomic E-state index is -1.83. The third-order valence-electron chi connectivity index (χ3n) is 5.97. The van der Waals surface area contributed by atoms with Crippen molar-refractivity contribution in [2.45, 2.75) is 19.7 Å². The van der Waals surface area contributed by atoms with Crippen molar-refractivity contribution in [3.8, 4) is 34.4 Å². The van der Waals surface area contributed by atoms with E-state index in [4.69, 9.17) is 23.9 Å². The third-order valence-corrected chi connectivity index (χ3v) is 7.91. The number of hydrogen-bond donors (Lipinski definition) is 0. The quantitative estimate of drug-likeness (QED) is 0.129. The number of hydrogen-bond acceptors (Lipinski definition) is 6. The highest BCUT2D eigenvalue weighted by Gasteiger charge is 2.21. The molecule has 0 unspecified atom stereocenters. The second-order valence-electron chi connectivity index (χ2n) is 9.31. The first-order valence-corrected chi connectivity index (χ1v) is 15.3. The molecule has 38 heavy (non-hydrogen) atoms. The summed E-state index contributed by atoms with van der Waals surface area (Å²) in [7, 11) is -0.126. The molecule has 4 aromatic carbocycles. The molecule has 6 nitrogen and oxygen atoms in total. The van der Waals surface area contributed by atoms with Crippen LogP contribution in [0.15, 0.2) is 97.1 Å². The van der Waals surface area contributed by atoms with Gasteiger partial charge in [-0.05, 0) is 90.4 Å². The Morgan fingerprint density at radius 1 is 0.737 bits per heavy atom. The van der Waals surface area contributed by atoms with Crippen LogP contribution in [0.3, 0.4) is 0 Å². The zero-order valence-corrected chi connectivity index (χ0v) is 22.6. The van der Waals surface area contributed by atoms with Crippen LogP contribution in [0.1, 0.15) is 21.5 Å². The van der Waals surface area contributed by atoms with Crippen molar-refractivity contribution in [3.05, 3.63) is 114 Å². The van der Waals surface area contributed by atoms with Crippen LogP contribution in [0.4, 0.5) is 0 Å². The third kappa shape index (κ3) is 7.32. The van der Waals surface area contributed by atoms with Crippen LogP contribution in [0.5, 0.6) is 17.2 Å². The molecule has 0 radical (unpaired) electrons. The maximum absolute atomic E-state index is 12.5. The fraction of sp³-hybridized carbons (Fsp3) is 0.161. The van der Waals surface area contributed by atoms with Gasteiger partial charge in [-0.25, -0.2) is 4.79 Å². The van der Waals surface area contributed by atoms with E-state index in [2.05, 4.69) is 19.2 Å². The molecule has 4 rings (SSSR count). The van der Waals surface area contributed by atoms with E-state index in [-0.39, 0.29) is 0 Å². The number of nitriles is 1. The van der Waals surface area contributed by atoms with Crippen LogP contribution >= 0.6 is 0 Å². The predicted octanol–water partition coefficient (Wildman–Crippen LogP) is 6.79. The van der Waals surface area contributed by atoms with Crippen LogP contribution in [0.2, 0.25) is 13.1 Å². The zero-order chi connectivity index (χ0) is 27.0. The first-order chi connectivity index (χ1) is 18.3. The molecule has 0 N–H and O–H groups in total. The Kier molecular flexibility index (Phi) is 8.59. The van der Waals surface area contributed by atoms with Crippen molar-refractivity contribution >= 4 is 14.3 Å². The number of rotatable bonds is 10. The molecule has 0 heterocycles. The Morgan fingerprint density at radius 3 is 1.84 bits per heavy atom. The monoisotopic (exact) mass is 523 g/mol. The van der Waals surface area contributed by atoms with E-state index < -0.39 is 14.3 Å². The molecular weight excluding hydrogens is 494 g/mol. The highest BCUT2D eigenvalue weighted by atomic mass is 28.4. The number of esters is 1. The fourth-order valence-electron chi connectivity index (χ4n) is 3.47. The average molecular weight is 524 g/mol. The second-order valence-corrected chi connectivity index (χ2v) is 13.5. The van der Waals surface area contributed by atoms with Crippen LogP contribution in [0.25, 0.3) is 11.1 Å². The van der Waals surface area contributed by atoms with Gasteiger partial charge in [0.25, 0.3) is 0 Å². The summed E-state index contributed by atoms with van der Waals surface area (Å²) in [5.41, 5.74) is 4.23. The largest absolute Gasteiger partial charge is 0.494 e. The predicted molar refractivity (Wildman–Crippen MR) is 149 cm³/mol. The topological polar surface area (TPSA) is 77.8 Å². The second kappa shape index (κ2) is 12.2. The molecule has 0 spiro atoms. The van der Waals surface area contributed by atoms with Gasteiger partial charge in [0.05, 0.1) is 17.2 Å². The molecule has 192 valence electrons. The van der Waals surface area contributed by atoms with Crippen molar-refractivity contribution in [2.24, 2.45) is 0 Å². The molecule has 0 amide bonds. The van der Waals surface area contributed by atoms with Gasteiger partial charge in [-0.3, -0.25) is 0 Å². The van der Waals surface area contributed by atoms with Gasteiger partial charge in [-0.2, -0.15) is 5.26 Å². The molecule has 0 bridgehead atoms. The summed E-state index contributed by atoms with van der Waals surface area (Å²) in [6.45, 7) is 4.56. The van der Waals surface area contributed by atoms with Crippen LogP contribution in [-0.2, 0) is 11.0 Å². The summed E-state index contributed by atoms with van der Waals surface area (Å²) < 4.78 is 22.6. The number of carbonyl (C=O) groups excluding carboxylic acids is 1. The highest BCUT2D eigenvalue weighted by Crippen LogP contribution is 2.23. The van der Waals surface area contributed by atoms with Crippen molar-refractivity contribution < 1.29 is 23.4 Å². The molecule has 0 aliphatic heterocycles. The van der Waals surface area contributed by atoms with Crippen molar-refractivity contribution in [2.75, 3.05) is 13.3 Å². The lowest BCUT2D eigenvalue weighted by atomic mass is 10.0. The van der Waals surface area contributed by atoms with Gasteiger partial charge < -0.3 is 18.6 Å². The van der Waals surface area contributed by atoms with E-state index in [1.54, 1.807) is 55.6 Å². The summed E-state index contributed by atoms with van der Waals surface area (Å²) in [6.07, 6.45) is 0.533. The molecular formula is C31H29NO5Si. The number of benzene rings is 4. The lowest BCUT2D eigenvalue weighted by Crippen LogP contribution is -2.37. The Balaban J connectivity index is 1.27. The Labute approximate surface area is 224 Å². The lowest BCUT2D eigenvalue weighted by molar-refractivity contribution is 0.0734. The van der Waals surface area contributed by atoms with Crippen molar-refractivity contribution in [1.82, 2.24) is 0 Å². The van der Waals surface area contributed by atoms with Gasteiger partial charge in [-0.1, -0.05) is 36.4 Å². The summed E-state index contributed by atoms with van der Waals surface area (Å²) in [4.78, 5) is 12.5. The number of ether oxygens (including phenoxy) is 3. The number of carbonyl (C=O) groups is 1. The van der Waals surface area contributed by atoms with E-state index in [1.807, 2.05) is 48.5 Å². The van der Waals surface area contributed by atoms with Gasteiger partial charge in [0, 0.05) is 7.11 Å². The van der Waals surface area contributed by atoms with Gasteiger partial charge in [0.15, 0.2) is 0 Å². The average Bonchev–Trinajstić information content (AvgIpc) is 2.96. The normalized spacial score (nSPS) is 10.9. The molecule has 0 fully saturated rings. The molecule has 0 aliphatic rings. The Morgan fingerprint density at radius 2 is 1.26 bits per heavy atom. The number of nitrogens with zero attached hydrogens (tertiary/aromatic N) is 1. The molecule has 0 saturated carbocycles. The van der Waals surface area contributed by atoms with E-state index >= 15 is 0 Å². The Bertz CT molecular complexity index is 1390. The minimum absolute atomic E-state index is 0.408. The van der Waals surface area contributed by atoms with E-state index in [1.165, 1.54) is 0 Å². The molecule has 0 atom stereocenters. The molecule has 0 aromatic heterocycles. The summed E-state index contributed by atoms with van der Waals surface area (Å²) >= 11 is 0. The van der Waals surface area contributed by atoms with Crippen LogP contribution < -0.4 is 14.2 Å². The first kappa shape index (κ1) is 26.7. The van der Waals surface area contributed by atoms with Crippen molar-refractivity contribution in [3.63, 3.8) is 0 Å². The smallest absolute Gasteiger partial charge is 0.343 e. The van der Waals surface area contributed by atoms with Crippen LogP contribution in [0, 0.1) is 11.3 Å². The highest BCUT2D eigenvalue weighted by molar-refractivity contribution is 6.71. The van der Waals surface area contributed by atoms with Crippen molar-refractivity contribution in [1.29, 1.82) is 5.26 Å². The zero-order valence-electron chi connectivity index (χ0n) is 21.6. The fourth-order valence-corrected chi connectivity index (χ4v) is 4.10. The lowest BCUT2D eigenvalue weighted by Gasteiger charge is -2.20. The van der Waals surface area contributed by atoms with Gasteiger partial charge in [0.1, 0.15) is 30.1 Å². The standard InChI is InChI=1S/C31H29NO5Si/c1-34-38(2,3)22-36-29-14-12-27(13-15-29)31(33)37-30-18-16-28(17-19-30)35-21-24-6-10-26(11-7-24)25-8-4-23(20-32)5-9-25/h4-19H,21-22H2,1-3H3. The summed E-state index contributed by atoms with van der Waals surface area (Å²) in [5.74, 6) is 1.34. The van der Waals surface area contributed by atoms with E-state index in [0.717, 1.165) is 16.7 Å². The Hall–Kier alpha value is -4.38. The molecule has 0 saturated heterocycles. The molecule has 7 heteroatoms. The maximum atomic E-state index is 12.5. The minimum Gasteiger partial charge on any atom is -0.494 e. The maximum Gasteiger partial charge on any atom is 0.343 e. The van der Waals surface area contributed by atoms with Gasteiger partial charge in [0.2, 0.25) is 8.32 Å².